The highest BCUT2D eigenvalue weighted by molar-refractivity contribution is 6.29. The topological polar surface area (TPSA) is 106 Å². The van der Waals surface area contributed by atoms with Crippen LogP contribution >= 0.6 is 11.6 Å². The lowest BCUT2D eigenvalue weighted by molar-refractivity contribution is -0.383. The molecule has 3 rings (SSSR count). The molecule has 0 amide bonds. The van der Waals surface area contributed by atoms with E-state index in [1.165, 1.54) is 6.07 Å². The minimum Gasteiger partial charge on any atom is -0.385 e. The molecule has 0 aliphatic carbocycles. The Bertz CT molecular complexity index is 938. The van der Waals surface area contributed by atoms with E-state index in [1.54, 1.807) is 31.2 Å². The number of halogens is 1. The van der Waals surface area contributed by atoms with Gasteiger partial charge in [0.1, 0.15) is 0 Å². The zero-order valence-corrected chi connectivity index (χ0v) is 15.5. The number of non-ortho nitro benzene ring substituents is 1. The van der Waals surface area contributed by atoms with Crippen molar-refractivity contribution in [2.24, 2.45) is 0 Å². The summed E-state index contributed by atoms with van der Waals surface area (Å²) >= 11 is 5.87. The van der Waals surface area contributed by atoms with Crippen LogP contribution in [0.5, 0.6) is 0 Å². The Morgan fingerprint density at radius 1 is 1.37 bits per heavy atom. The van der Waals surface area contributed by atoms with Crippen molar-refractivity contribution in [2.75, 3.05) is 18.0 Å². The van der Waals surface area contributed by atoms with Crippen molar-refractivity contribution >= 4 is 34.0 Å². The van der Waals surface area contributed by atoms with Crippen LogP contribution in [-0.4, -0.2) is 39.0 Å². The molecule has 1 saturated heterocycles. The second-order valence-electron chi connectivity index (χ2n) is 6.42. The third-order valence-corrected chi connectivity index (χ3v) is 4.88. The van der Waals surface area contributed by atoms with Crippen LogP contribution in [0, 0.1) is 10.1 Å². The van der Waals surface area contributed by atoms with Crippen molar-refractivity contribution < 1.29 is 14.7 Å². The van der Waals surface area contributed by atoms with E-state index in [0.29, 0.717) is 47.7 Å². The van der Waals surface area contributed by atoms with Crippen LogP contribution in [0.3, 0.4) is 0 Å². The van der Waals surface area contributed by atoms with Gasteiger partial charge >= 0.3 is 5.69 Å². The number of hydrogen-bond acceptors (Lipinski definition) is 7. The average Bonchev–Trinajstić information content (AvgIpc) is 3.11. The summed E-state index contributed by atoms with van der Waals surface area (Å²) in [6, 6.07) is 3.03. The summed E-state index contributed by atoms with van der Waals surface area (Å²) in [7, 11) is 0. The van der Waals surface area contributed by atoms with Crippen molar-refractivity contribution in [3.63, 3.8) is 0 Å². The van der Waals surface area contributed by atoms with E-state index in [-0.39, 0.29) is 11.2 Å². The lowest BCUT2D eigenvalue weighted by atomic mass is 9.83. The number of allylic oxidation sites excluding steroid dienone is 3. The molecule has 0 radical (unpaired) electrons. The fourth-order valence-electron chi connectivity index (χ4n) is 3.27. The number of anilines is 1. The molecule has 1 N–H and O–H groups in total. The van der Waals surface area contributed by atoms with E-state index in [2.05, 4.69) is 16.9 Å². The second kappa shape index (κ2) is 7.50. The average molecular weight is 391 g/mol. The van der Waals surface area contributed by atoms with E-state index in [4.69, 9.17) is 16.2 Å². The van der Waals surface area contributed by atoms with Crippen molar-refractivity contribution in [1.29, 1.82) is 0 Å². The van der Waals surface area contributed by atoms with E-state index >= 15 is 0 Å². The Morgan fingerprint density at radius 3 is 2.63 bits per heavy atom. The van der Waals surface area contributed by atoms with E-state index in [9.17, 15) is 15.2 Å². The molecular formula is C18H19ClN4O4. The normalized spacial score (nSPS) is 18.0. The molecule has 1 aliphatic rings. The van der Waals surface area contributed by atoms with Crippen molar-refractivity contribution in [1.82, 2.24) is 10.3 Å². The largest absolute Gasteiger partial charge is 0.385 e. The van der Waals surface area contributed by atoms with E-state index < -0.39 is 10.5 Å². The molecule has 0 atom stereocenters. The molecule has 8 nitrogen and oxygen atoms in total. The monoisotopic (exact) mass is 390 g/mol. The highest BCUT2D eigenvalue weighted by Gasteiger charge is 2.35. The minimum absolute atomic E-state index is 0.118. The van der Waals surface area contributed by atoms with Gasteiger partial charge in [-0.3, -0.25) is 10.1 Å². The number of nitro groups is 1. The molecule has 2 aromatic rings. The number of nitrogens with zero attached hydrogens (tertiary/aromatic N) is 4. The molecule has 9 heteroatoms. The summed E-state index contributed by atoms with van der Waals surface area (Å²) in [6.45, 7) is 6.61. The molecule has 142 valence electrons. The molecular weight excluding hydrogens is 372 g/mol. The molecule has 27 heavy (non-hydrogen) atoms. The molecule has 2 heterocycles. The van der Waals surface area contributed by atoms with Crippen molar-refractivity contribution in [3.05, 3.63) is 57.7 Å². The molecule has 0 bridgehead atoms. The Morgan fingerprint density at radius 2 is 2.04 bits per heavy atom. The maximum atomic E-state index is 11.1. The molecule has 1 aromatic carbocycles. The number of hydrogen-bond donors (Lipinski definition) is 1. The first-order chi connectivity index (χ1) is 12.9. The number of nitro benzene ring substituents is 1. The van der Waals surface area contributed by atoms with Gasteiger partial charge in [-0.2, -0.15) is 0 Å². The van der Waals surface area contributed by atoms with Gasteiger partial charge < -0.3 is 10.0 Å². The first-order valence-corrected chi connectivity index (χ1v) is 8.77. The lowest BCUT2D eigenvalue weighted by Crippen LogP contribution is -2.45. The standard InChI is InChI=1S/C18H19ClN4O4/c1-3-13(5-4-12(2)19)18(24)8-10-22(11-9-18)14-6-7-15(23(25)26)17-16(14)20-27-21-17/h3-7,24H,1,8-11H2,2H3/b12-4+,13-5+. The van der Waals surface area contributed by atoms with Gasteiger partial charge in [-0.1, -0.05) is 30.3 Å². The SMILES string of the molecule is C=C/C(=C\C=C(/C)Cl)C1(O)CCN(c2ccc([N+](=O)[O-])c3nonc23)CC1. The molecule has 1 aliphatic heterocycles. The summed E-state index contributed by atoms with van der Waals surface area (Å²) in [6.07, 6.45) is 6.06. The third kappa shape index (κ3) is 3.72. The zero-order valence-electron chi connectivity index (χ0n) is 14.8. The van der Waals surface area contributed by atoms with Gasteiger partial charge in [0.25, 0.3) is 0 Å². The Hall–Kier alpha value is -2.71. The van der Waals surface area contributed by atoms with Crippen LogP contribution < -0.4 is 4.90 Å². The minimum atomic E-state index is -1.01. The van der Waals surface area contributed by atoms with Crippen LogP contribution in [0.4, 0.5) is 11.4 Å². The summed E-state index contributed by atoms with van der Waals surface area (Å²) < 4.78 is 4.72. The molecule has 0 spiro atoms. The summed E-state index contributed by atoms with van der Waals surface area (Å²) in [5.74, 6) is 0. The van der Waals surface area contributed by atoms with Gasteiger partial charge in [0.2, 0.25) is 5.52 Å². The van der Waals surface area contributed by atoms with Crippen LogP contribution in [0.1, 0.15) is 19.8 Å². The first kappa shape index (κ1) is 19.1. The number of piperidine rings is 1. The predicted octanol–water partition coefficient (Wildman–Crippen LogP) is 3.72. The highest BCUT2D eigenvalue weighted by atomic mass is 35.5. The number of fused-ring (bicyclic) bond motifs is 1. The van der Waals surface area contributed by atoms with Crippen molar-refractivity contribution in [2.45, 2.75) is 25.4 Å². The zero-order chi connectivity index (χ0) is 19.6. The molecule has 1 fully saturated rings. The van der Waals surface area contributed by atoms with Gasteiger partial charge in [0, 0.05) is 24.2 Å². The van der Waals surface area contributed by atoms with E-state index in [0.717, 1.165) is 0 Å². The van der Waals surface area contributed by atoms with Gasteiger partial charge in [0.15, 0.2) is 5.52 Å². The van der Waals surface area contributed by atoms with Gasteiger partial charge in [-0.15, -0.1) is 0 Å². The van der Waals surface area contributed by atoms with E-state index in [1.807, 2.05) is 4.90 Å². The third-order valence-electron chi connectivity index (χ3n) is 4.75. The summed E-state index contributed by atoms with van der Waals surface area (Å²) in [5.41, 5.74) is 0.702. The Balaban J connectivity index is 1.85. The smallest absolute Gasteiger partial charge is 0.300 e. The summed E-state index contributed by atoms with van der Waals surface area (Å²) in [5, 5.41) is 30.3. The van der Waals surface area contributed by atoms with Gasteiger partial charge in [-0.25, -0.2) is 4.63 Å². The first-order valence-electron chi connectivity index (χ1n) is 8.40. The van der Waals surface area contributed by atoms with Crippen molar-refractivity contribution in [3.8, 4) is 0 Å². The number of aliphatic hydroxyl groups is 1. The number of aromatic nitrogens is 2. The fraction of sp³-hybridized carbons (Fsp3) is 0.333. The Kier molecular flexibility index (Phi) is 5.29. The molecule has 0 saturated carbocycles. The Labute approximate surface area is 160 Å². The number of benzene rings is 1. The quantitative estimate of drug-likeness (QED) is 0.471. The van der Waals surface area contributed by atoms with Crippen LogP contribution in [0.2, 0.25) is 0 Å². The number of rotatable bonds is 5. The van der Waals surface area contributed by atoms with Gasteiger partial charge in [-0.05, 0) is 47.8 Å². The maximum Gasteiger partial charge on any atom is 0.300 e. The molecule has 0 unspecified atom stereocenters. The second-order valence-corrected chi connectivity index (χ2v) is 7.02. The van der Waals surface area contributed by atoms with Crippen LogP contribution in [0.25, 0.3) is 11.0 Å². The van der Waals surface area contributed by atoms with Crippen LogP contribution in [-0.2, 0) is 0 Å². The summed E-state index contributed by atoms with van der Waals surface area (Å²) in [4.78, 5) is 12.6. The van der Waals surface area contributed by atoms with Crippen LogP contribution in [0.15, 0.2) is 52.2 Å². The fourth-order valence-corrected chi connectivity index (χ4v) is 3.33. The highest BCUT2D eigenvalue weighted by Crippen LogP contribution is 2.36. The van der Waals surface area contributed by atoms with Gasteiger partial charge in [0.05, 0.1) is 16.2 Å². The maximum absolute atomic E-state index is 11.1. The lowest BCUT2D eigenvalue weighted by Gasteiger charge is -2.40. The molecule has 1 aromatic heterocycles. The predicted molar refractivity (Wildman–Crippen MR) is 103 cm³/mol.